The summed E-state index contributed by atoms with van der Waals surface area (Å²) in [7, 11) is 0. The molecule has 2 N–H and O–H groups in total. The van der Waals surface area contributed by atoms with E-state index >= 15 is 0 Å². The van der Waals surface area contributed by atoms with Crippen molar-refractivity contribution in [2.75, 3.05) is 36.5 Å². The molecular weight excluding hydrogens is 371 g/mol. The normalized spacial score (nSPS) is 17.0. The second-order valence-electron chi connectivity index (χ2n) is 6.23. The minimum absolute atomic E-state index is 0.0687. The summed E-state index contributed by atoms with van der Waals surface area (Å²) in [5.41, 5.74) is 0.764. The van der Waals surface area contributed by atoms with E-state index in [1.165, 1.54) is 23.9 Å². The molecule has 1 aliphatic heterocycles. The molecular formula is C18H21FN4O3S. The van der Waals surface area contributed by atoms with E-state index in [-0.39, 0.29) is 35.2 Å². The second-order valence-corrected chi connectivity index (χ2v) is 7.21. The molecule has 0 spiro atoms. The van der Waals surface area contributed by atoms with Crippen LogP contribution in [0.2, 0.25) is 0 Å². The number of benzene rings is 1. The average molecular weight is 392 g/mol. The number of hydrogen-bond donors (Lipinski definition) is 2. The third-order valence-electron chi connectivity index (χ3n) is 4.15. The van der Waals surface area contributed by atoms with Crippen LogP contribution in [0.25, 0.3) is 0 Å². The summed E-state index contributed by atoms with van der Waals surface area (Å²) >= 11 is 1.23. The van der Waals surface area contributed by atoms with Crippen LogP contribution in [0, 0.1) is 12.7 Å². The van der Waals surface area contributed by atoms with Crippen LogP contribution in [0.1, 0.15) is 17.4 Å². The fourth-order valence-corrected chi connectivity index (χ4v) is 3.63. The maximum Gasteiger partial charge on any atom is 0.235 e. The largest absolute Gasteiger partial charge is 0.360 e. The molecule has 1 unspecified atom stereocenters. The molecule has 1 atom stereocenters. The van der Waals surface area contributed by atoms with Crippen LogP contribution < -0.4 is 10.6 Å². The van der Waals surface area contributed by atoms with Crippen LogP contribution in [-0.4, -0.2) is 53.0 Å². The Bertz CT molecular complexity index is 813. The molecule has 1 aliphatic rings. The van der Waals surface area contributed by atoms with Gasteiger partial charge in [0.15, 0.2) is 5.82 Å². The highest BCUT2D eigenvalue weighted by molar-refractivity contribution is 8.00. The Kier molecular flexibility index (Phi) is 6.46. The third kappa shape index (κ3) is 5.30. The number of nitrogens with zero attached hydrogens (tertiary/aromatic N) is 2. The smallest absolute Gasteiger partial charge is 0.235 e. The summed E-state index contributed by atoms with van der Waals surface area (Å²) in [5.74, 6) is 0.641. The van der Waals surface area contributed by atoms with Gasteiger partial charge in [-0.05, 0) is 24.6 Å². The number of rotatable bonds is 6. The minimum Gasteiger partial charge on any atom is -0.360 e. The molecule has 0 bridgehead atoms. The first-order chi connectivity index (χ1) is 13.0. The SMILES string of the molecule is Cc1cc(NC(=O)CSCC(=O)N2CCNCC2c2cccc(F)c2)no1. The van der Waals surface area contributed by atoms with Crippen molar-refractivity contribution in [2.45, 2.75) is 13.0 Å². The van der Waals surface area contributed by atoms with Gasteiger partial charge in [0.05, 0.1) is 17.5 Å². The molecule has 2 aromatic rings. The first-order valence-electron chi connectivity index (χ1n) is 8.59. The van der Waals surface area contributed by atoms with Crippen LogP contribution >= 0.6 is 11.8 Å². The third-order valence-corrected chi connectivity index (χ3v) is 5.07. The zero-order valence-electron chi connectivity index (χ0n) is 14.9. The van der Waals surface area contributed by atoms with Crippen LogP contribution in [0.5, 0.6) is 0 Å². The van der Waals surface area contributed by atoms with Gasteiger partial charge in [0.1, 0.15) is 11.6 Å². The van der Waals surface area contributed by atoms with Gasteiger partial charge in [-0.15, -0.1) is 11.8 Å². The predicted molar refractivity (Wildman–Crippen MR) is 101 cm³/mol. The van der Waals surface area contributed by atoms with Crippen LogP contribution in [-0.2, 0) is 9.59 Å². The molecule has 1 saturated heterocycles. The van der Waals surface area contributed by atoms with E-state index in [0.29, 0.717) is 31.2 Å². The first-order valence-corrected chi connectivity index (χ1v) is 9.75. The number of piperazine rings is 1. The number of hydrogen-bond acceptors (Lipinski definition) is 6. The minimum atomic E-state index is -0.320. The van der Waals surface area contributed by atoms with E-state index in [4.69, 9.17) is 4.52 Å². The van der Waals surface area contributed by atoms with Crippen molar-refractivity contribution >= 4 is 29.4 Å². The fraction of sp³-hybridized carbons (Fsp3) is 0.389. The lowest BCUT2D eigenvalue weighted by atomic mass is 10.0. The lowest BCUT2D eigenvalue weighted by Gasteiger charge is -2.36. The standard InChI is InChI=1S/C18H21FN4O3S/c1-12-7-16(22-26-12)21-17(24)10-27-11-18(25)23-6-5-20-9-15(23)13-3-2-4-14(19)8-13/h2-4,7-8,15,20H,5-6,9-11H2,1H3,(H,21,22,24). The van der Waals surface area contributed by atoms with Crippen molar-refractivity contribution < 1.29 is 18.5 Å². The monoisotopic (exact) mass is 392 g/mol. The molecule has 9 heteroatoms. The lowest BCUT2D eigenvalue weighted by molar-refractivity contribution is -0.131. The molecule has 0 aliphatic carbocycles. The van der Waals surface area contributed by atoms with Gasteiger partial charge >= 0.3 is 0 Å². The Morgan fingerprint density at radius 2 is 2.26 bits per heavy atom. The molecule has 7 nitrogen and oxygen atoms in total. The average Bonchev–Trinajstić information content (AvgIpc) is 3.06. The molecule has 2 amide bonds. The molecule has 3 rings (SSSR count). The number of carbonyl (C=O) groups excluding carboxylic acids is 2. The Morgan fingerprint density at radius 3 is 3.00 bits per heavy atom. The molecule has 27 heavy (non-hydrogen) atoms. The summed E-state index contributed by atoms with van der Waals surface area (Å²) in [6.45, 7) is 3.55. The number of carbonyl (C=O) groups is 2. The summed E-state index contributed by atoms with van der Waals surface area (Å²) in [4.78, 5) is 26.3. The maximum absolute atomic E-state index is 13.5. The number of nitrogens with one attached hydrogen (secondary N) is 2. The Morgan fingerprint density at radius 1 is 1.41 bits per heavy atom. The Hall–Kier alpha value is -2.39. The summed E-state index contributed by atoms with van der Waals surface area (Å²) in [6, 6.07) is 7.72. The van der Waals surface area contributed by atoms with Gasteiger partial charge in [0.2, 0.25) is 11.8 Å². The fourth-order valence-electron chi connectivity index (χ4n) is 2.93. The quantitative estimate of drug-likeness (QED) is 0.782. The van der Waals surface area contributed by atoms with Gasteiger partial charge in [-0.3, -0.25) is 9.59 Å². The predicted octanol–water partition coefficient (Wildman–Crippen LogP) is 1.97. The van der Waals surface area contributed by atoms with Gasteiger partial charge in [0.25, 0.3) is 0 Å². The molecule has 2 heterocycles. The number of aromatic nitrogens is 1. The van der Waals surface area contributed by atoms with E-state index in [2.05, 4.69) is 15.8 Å². The molecule has 0 saturated carbocycles. The van der Waals surface area contributed by atoms with Crippen molar-refractivity contribution in [1.82, 2.24) is 15.4 Å². The van der Waals surface area contributed by atoms with Gasteiger partial charge < -0.3 is 20.1 Å². The lowest BCUT2D eigenvalue weighted by Crippen LogP contribution is -2.49. The highest BCUT2D eigenvalue weighted by Crippen LogP contribution is 2.24. The topological polar surface area (TPSA) is 87.5 Å². The maximum atomic E-state index is 13.5. The van der Waals surface area contributed by atoms with Gasteiger partial charge in [-0.2, -0.15) is 0 Å². The zero-order chi connectivity index (χ0) is 19.2. The van der Waals surface area contributed by atoms with E-state index in [1.807, 2.05) is 6.07 Å². The Labute approximate surface area is 160 Å². The van der Waals surface area contributed by atoms with Crippen LogP contribution in [0.4, 0.5) is 10.2 Å². The number of halogens is 1. The molecule has 144 valence electrons. The van der Waals surface area contributed by atoms with Crippen molar-refractivity contribution in [3.8, 4) is 0 Å². The molecule has 1 aromatic carbocycles. The van der Waals surface area contributed by atoms with E-state index in [9.17, 15) is 14.0 Å². The second kappa shape index (κ2) is 9.01. The zero-order valence-corrected chi connectivity index (χ0v) is 15.7. The van der Waals surface area contributed by atoms with Gasteiger partial charge in [0, 0.05) is 25.7 Å². The van der Waals surface area contributed by atoms with Gasteiger partial charge in [-0.1, -0.05) is 17.3 Å². The molecule has 1 fully saturated rings. The highest BCUT2D eigenvalue weighted by atomic mass is 32.2. The molecule has 1 aromatic heterocycles. The summed E-state index contributed by atoms with van der Waals surface area (Å²) in [5, 5.41) is 9.55. The Balaban J connectivity index is 1.52. The van der Waals surface area contributed by atoms with E-state index in [1.54, 1.807) is 24.0 Å². The van der Waals surface area contributed by atoms with Crippen LogP contribution in [0.15, 0.2) is 34.9 Å². The number of thioether (sulfide) groups is 1. The highest BCUT2D eigenvalue weighted by Gasteiger charge is 2.28. The molecule has 0 radical (unpaired) electrons. The van der Waals surface area contributed by atoms with Crippen molar-refractivity contribution in [3.05, 3.63) is 47.5 Å². The number of amides is 2. The summed E-state index contributed by atoms with van der Waals surface area (Å²) in [6.07, 6.45) is 0. The van der Waals surface area contributed by atoms with E-state index < -0.39 is 0 Å². The number of aryl methyl sites for hydroxylation is 1. The van der Waals surface area contributed by atoms with Crippen molar-refractivity contribution in [1.29, 1.82) is 0 Å². The number of anilines is 1. The van der Waals surface area contributed by atoms with E-state index in [0.717, 1.165) is 5.56 Å². The van der Waals surface area contributed by atoms with Crippen molar-refractivity contribution in [3.63, 3.8) is 0 Å². The first kappa shape index (κ1) is 19.4. The summed E-state index contributed by atoms with van der Waals surface area (Å²) < 4.78 is 18.4. The van der Waals surface area contributed by atoms with Crippen molar-refractivity contribution in [2.24, 2.45) is 0 Å². The van der Waals surface area contributed by atoms with Gasteiger partial charge in [-0.25, -0.2) is 4.39 Å². The van der Waals surface area contributed by atoms with Crippen LogP contribution in [0.3, 0.4) is 0 Å².